The van der Waals surface area contributed by atoms with E-state index < -0.39 is 5.97 Å². The Labute approximate surface area is 98.9 Å². The lowest BCUT2D eigenvalue weighted by Gasteiger charge is -2.23. The summed E-state index contributed by atoms with van der Waals surface area (Å²) in [6.45, 7) is 1.98. The van der Waals surface area contributed by atoms with Crippen LogP contribution in [0.4, 0.5) is 0 Å². The standard InChI is InChI=1S/C13H14N2O2/c1-8-5-6-15-10(7-8)14-11(9-3-2-4-9)12(15)13(16)17/h5-7,9H,2-4H2,1H3,(H,16,17). The number of carbonyl (C=O) groups is 1. The van der Waals surface area contributed by atoms with Crippen LogP contribution in [-0.2, 0) is 0 Å². The molecule has 1 aliphatic carbocycles. The summed E-state index contributed by atoms with van der Waals surface area (Å²) in [5.74, 6) is -0.551. The van der Waals surface area contributed by atoms with Crippen molar-refractivity contribution in [3.63, 3.8) is 0 Å². The van der Waals surface area contributed by atoms with Gasteiger partial charge in [0.1, 0.15) is 5.65 Å². The van der Waals surface area contributed by atoms with Gasteiger partial charge < -0.3 is 5.11 Å². The molecule has 0 saturated heterocycles. The van der Waals surface area contributed by atoms with Gasteiger partial charge in [-0.1, -0.05) is 6.42 Å². The number of fused-ring (bicyclic) bond motifs is 1. The summed E-state index contributed by atoms with van der Waals surface area (Å²) in [4.78, 5) is 15.9. The molecular weight excluding hydrogens is 216 g/mol. The SMILES string of the molecule is Cc1ccn2c(C(=O)O)c(C3CCC3)nc2c1. The molecule has 88 valence electrons. The van der Waals surface area contributed by atoms with Crippen molar-refractivity contribution < 1.29 is 9.90 Å². The third-order valence-corrected chi connectivity index (χ3v) is 3.50. The van der Waals surface area contributed by atoms with Crippen LogP contribution in [0.5, 0.6) is 0 Å². The van der Waals surface area contributed by atoms with Gasteiger partial charge in [-0.25, -0.2) is 9.78 Å². The molecular formula is C13H14N2O2. The number of hydrogen-bond donors (Lipinski definition) is 1. The number of pyridine rings is 1. The van der Waals surface area contributed by atoms with Crippen molar-refractivity contribution in [2.75, 3.05) is 0 Å². The highest BCUT2D eigenvalue weighted by atomic mass is 16.4. The molecule has 1 saturated carbocycles. The van der Waals surface area contributed by atoms with Crippen molar-refractivity contribution >= 4 is 11.6 Å². The summed E-state index contributed by atoms with van der Waals surface area (Å²) in [6.07, 6.45) is 5.09. The highest BCUT2D eigenvalue weighted by Gasteiger charge is 2.29. The molecule has 1 N–H and O–H groups in total. The quantitative estimate of drug-likeness (QED) is 0.862. The lowest BCUT2D eigenvalue weighted by Crippen LogP contribution is -2.14. The Morgan fingerprint density at radius 1 is 1.53 bits per heavy atom. The Hall–Kier alpha value is -1.84. The second-order valence-electron chi connectivity index (χ2n) is 4.71. The number of carboxylic acid groups (broad SMARTS) is 1. The van der Waals surface area contributed by atoms with Crippen molar-refractivity contribution in [2.45, 2.75) is 32.1 Å². The first-order chi connectivity index (χ1) is 8.16. The van der Waals surface area contributed by atoms with Crippen LogP contribution in [-0.4, -0.2) is 20.5 Å². The van der Waals surface area contributed by atoms with Crippen molar-refractivity contribution in [2.24, 2.45) is 0 Å². The van der Waals surface area contributed by atoms with Gasteiger partial charge in [-0.15, -0.1) is 0 Å². The topological polar surface area (TPSA) is 54.6 Å². The zero-order chi connectivity index (χ0) is 12.0. The van der Waals surface area contributed by atoms with Crippen LogP contribution in [0.2, 0.25) is 0 Å². The number of aryl methyl sites for hydroxylation is 1. The summed E-state index contributed by atoms with van der Waals surface area (Å²) < 4.78 is 1.68. The van der Waals surface area contributed by atoms with Crippen molar-refractivity contribution in [3.8, 4) is 0 Å². The summed E-state index contributed by atoms with van der Waals surface area (Å²) in [5, 5.41) is 9.33. The maximum absolute atomic E-state index is 11.4. The van der Waals surface area contributed by atoms with Crippen molar-refractivity contribution in [3.05, 3.63) is 35.3 Å². The molecule has 0 atom stereocenters. The van der Waals surface area contributed by atoms with Crippen molar-refractivity contribution in [1.29, 1.82) is 0 Å². The molecule has 3 rings (SSSR count). The van der Waals surface area contributed by atoms with Crippen LogP contribution in [0.3, 0.4) is 0 Å². The second kappa shape index (κ2) is 3.58. The molecule has 4 nitrogen and oxygen atoms in total. The molecule has 0 aromatic carbocycles. The van der Waals surface area contributed by atoms with Crippen LogP contribution >= 0.6 is 0 Å². The van der Waals surface area contributed by atoms with E-state index >= 15 is 0 Å². The van der Waals surface area contributed by atoms with E-state index in [9.17, 15) is 9.90 Å². The number of hydrogen-bond acceptors (Lipinski definition) is 2. The van der Waals surface area contributed by atoms with E-state index in [1.165, 1.54) is 6.42 Å². The predicted molar refractivity (Wildman–Crippen MR) is 63.5 cm³/mol. The third kappa shape index (κ3) is 1.52. The zero-order valence-electron chi connectivity index (χ0n) is 9.68. The maximum atomic E-state index is 11.4. The fourth-order valence-corrected chi connectivity index (χ4v) is 2.34. The number of rotatable bonds is 2. The smallest absolute Gasteiger partial charge is 0.354 e. The Bertz CT molecular complexity index is 597. The largest absolute Gasteiger partial charge is 0.477 e. The number of aromatic nitrogens is 2. The normalized spacial score (nSPS) is 16.1. The van der Waals surface area contributed by atoms with Gasteiger partial charge in [-0.3, -0.25) is 4.40 Å². The zero-order valence-corrected chi connectivity index (χ0v) is 9.68. The van der Waals surface area contributed by atoms with Gasteiger partial charge >= 0.3 is 5.97 Å². The Morgan fingerprint density at radius 3 is 2.88 bits per heavy atom. The molecule has 0 spiro atoms. The average molecular weight is 230 g/mol. The minimum atomic E-state index is -0.886. The minimum absolute atomic E-state index is 0.335. The summed E-state index contributed by atoms with van der Waals surface area (Å²) in [7, 11) is 0. The average Bonchev–Trinajstić information content (AvgIpc) is 2.52. The number of nitrogens with zero attached hydrogens (tertiary/aromatic N) is 2. The molecule has 0 radical (unpaired) electrons. The van der Waals surface area contributed by atoms with Gasteiger partial charge in [0.05, 0.1) is 5.69 Å². The fourth-order valence-electron chi connectivity index (χ4n) is 2.34. The van der Waals surface area contributed by atoms with E-state index in [1.54, 1.807) is 10.6 Å². The molecule has 1 fully saturated rings. The Morgan fingerprint density at radius 2 is 2.29 bits per heavy atom. The van der Waals surface area contributed by atoms with E-state index in [-0.39, 0.29) is 0 Å². The molecule has 0 bridgehead atoms. The molecule has 4 heteroatoms. The van der Waals surface area contributed by atoms with Crippen LogP contribution in [0.15, 0.2) is 18.3 Å². The second-order valence-corrected chi connectivity index (χ2v) is 4.71. The van der Waals surface area contributed by atoms with Crippen molar-refractivity contribution in [1.82, 2.24) is 9.38 Å². The monoisotopic (exact) mass is 230 g/mol. The summed E-state index contributed by atoms with van der Waals surface area (Å²) >= 11 is 0. The molecule has 0 unspecified atom stereocenters. The van der Waals surface area contributed by atoms with Gasteiger partial charge in [-0.2, -0.15) is 0 Å². The summed E-state index contributed by atoms with van der Waals surface area (Å²) in [6, 6.07) is 3.83. The van der Waals surface area contributed by atoms with E-state index in [2.05, 4.69) is 4.98 Å². The van der Waals surface area contributed by atoms with Gasteiger partial charge in [-0.05, 0) is 37.5 Å². The van der Waals surface area contributed by atoms with Gasteiger partial charge in [0.25, 0.3) is 0 Å². The first kappa shape index (κ1) is 10.3. The van der Waals surface area contributed by atoms with Gasteiger partial charge in [0.15, 0.2) is 5.69 Å². The van der Waals surface area contributed by atoms with E-state index in [0.29, 0.717) is 11.6 Å². The van der Waals surface area contributed by atoms with Crippen LogP contribution < -0.4 is 0 Å². The number of carboxylic acids is 1. The number of aromatic carboxylic acids is 1. The molecule has 2 aromatic rings. The van der Waals surface area contributed by atoms with Gasteiger partial charge in [0.2, 0.25) is 0 Å². The fraction of sp³-hybridized carbons (Fsp3) is 0.385. The molecule has 2 aromatic heterocycles. The van der Waals surface area contributed by atoms with Crippen LogP contribution in [0.1, 0.15) is 46.9 Å². The third-order valence-electron chi connectivity index (χ3n) is 3.50. The highest BCUT2D eigenvalue weighted by molar-refractivity contribution is 5.88. The van der Waals surface area contributed by atoms with E-state index in [0.717, 1.165) is 29.7 Å². The van der Waals surface area contributed by atoms with E-state index in [4.69, 9.17) is 0 Å². The molecule has 1 aliphatic rings. The lowest BCUT2D eigenvalue weighted by atomic mass is 9.82. The Balaban J connectivity index is 2.25. The molecule has 17 heavy (non-hydrogen) atoms. The van der Waals surface area contributed by atoms with Gasteiger partial charge in [0, 0.05) is 12.1 Å². The first-order valence-corrected chi connectivity index (χ1v) is 5.88. The molecule has 0 aliphatic heterocycles. The highest BCUT2D eigenvalue weighted by Crippen LogP contribution is 2.37. The lowest BCUT2D eigenvalue weighted by molar-refractivity contribution is 0.0686. The Kier molecular flexibility index (Phi) is 2.18. The first-order valence-electron chi connectivity index (χ1n) is 5.88. The number of imidazole rings is 1. The molecule has 2 heterocycles. The maximum Gasteiger partial charge on any atom is 0.354 e. The minimum Gasteiger partial charge on any atom is -0.477 e. The van der Waals surface area contributed by atoms with E-state index in [1.807, 2.05) is 19.1 Å². The summed E-state index contributed by atoms with van der Waals surface area (Å²) in [5.41, 5.74) is 2.93. The molecule has 0 amide bonds. The van der Waals surface area contributed by atoms with Crippen LogP contribution in [0, 0.1) is 6.92 Å². The predicted octanol–water partition coefficient (Wildman–Crippen LogP) is 2.61. The van der Waals surface area contributed by atoms with Crippen LogP contribution in [0.25, 0.3) is 5.65 Å².